The second-order valence-corrected chi connectivity index (χ2v) is 5.27. The minimum atomic E-state index is -4.66. The van der Waals surface area contributed by atoms with Gasteiger partial charge in [0, 0.05) is 4.47 Å². The van der Waals surface area contributed by atoms with Crippen LogP contribution in [0, 0.1) is 13.8 Å². The molecule has 2 aromatic carbocycles. The summed E-state index contributed by atoms with van der Waals surface area (Å²) in [5.41, 5.74) is 4.04. The first-order valence-electron chi connectivity index (χ1n) is 5.90. The van der Waals surface area contributed by atoms with E-state index >= 15 is 0 Å². The summed E-state index contributed by atoms with van der Waals surface area (Å²) in [6, 6.07) is 9.75. The Balaban J connectivity index is 2.33. The lowest BCUT2D eigenvalue weighted by atomic mass is 9.97. The Morgan fingerprint density at radius 1 is 0.900 bits per heavy atom. The van der Waals surface area contributed by atoms with Gasteiger partial charge in [0.15, 0.2) is 0 Å². The molecule has 0 N–H and O–H groups in total. The third-order valence-corrected chi connectivity index (χ3v) is 3.98. The third kappa shape index (κ3) is 3.33. The Labute approximate surface area is 123 Å². The molecule has 0 aromatic heterocycles. The second kappa shape index (κ2) is 5.48. The average molecular weight is 345 g/mol. The molecular formula is C15H12BrF3O. The highest BCUT2D eigenvalue weighted by Gasteiger charge is 2.30. The van der Waals surface area contributed by atoms with Crippen LogP contribution in [0.25, 0.3) is 11.1 Å². The molecule has 0 spiro atoms. The zero-order chi connectivity index (χ0) is 14.9. The van der Waals surface area contributed by atoms with Crippen LogP contribution in [-0.4, -0.2) is 6.36 Å². The molecule has 0 atom stereocenters. The molecule has 0 aliphatic heterocycles. The molecule has 0 amide bonds. The highest BCUT2D eigenvalue weighted by atomic mass is 79.9. The summed E-state index contributed by atoms with van der Waals surface area (Å²) in [5.74, 6) is -0.215. The molecule has 2 aromatic rings. The number of alkyl halides is 3. The first-order chi connectivity index (χ1) is 9.28. The number of hydrogen-bond donors (Lipinski definition) is 0. The monoisotopic (exact) mass is 344 g/mol. The van der Waals surface area contributed by atoms with Crippen molar-refractivity contribution >= 4 is 15.9 Å². The Hall–Kier alpha value is -1.49. The van der Waals surface area contributed by atoms with Crippen molar-refractivity contribution in [3.8, 4) is 16.9 Å². The van der Waals surface area contributed by atoms with Crippen LogP contribution in [0.3, 0.4) is 0 Å². The minimum absolute atomic E-state index is 0.215. The van der Waals surface area contributed by atoms with Crippen molar-refractivity contribution in [2.75, 3.05) is 0 Å². The molecule has 0 bridgehead atoms. The third-order valence-electron chi connectivity index (χ3n) is 3.12. The van der Waals surface area contributed by atoms with Crippen molar-refractivity contribution in [2.24, 2.45) is 0 Å². The molecule has 0 aliphatic carbocycles. The van der Waals surface area contributed by atoms with Gasteiger partial charge in [-0.1, -0.05) is 34.1 Å². The van der Waals surface area contributed by atoms with Crippen LogP contribution in [0.1, 0.15) is 11.1 Å². The normalized spacial score (nSPS) is 11.5. The molecule has 0 fully saturated rings. The number of halogens is 4. The maximum atomic E-state index is 12.1. The summed E-state index contributed by atoms with van der Waals surface area (Å²) in [5, 5.41) is 0. The number of hydrogen-bond acceptors (Lipinski definition) is 1. The summed E-state index contributed by atoms with van der Waals surface area (Å²) in [7, 11) is 0. The molecule has 0 aliphatic rings. The zero-order valence-corrected chi connectivity index (χ0v) is 12.5. The quantitative estimate of drug-likeness (QED) is 0.685. The largest absolute Gasteiger partial charge is 0.573 e. The fourth-order valence-corrected chi connectivity index (χ4v) is 2.37. The highest BCUT2D eigenvalue weighted by Crippen LogP contribution is 2.31. The summed E-state index contributed by atoms with van der Waals surface area (Å²) < 4.78 is 41.2. The number of ether oxygens (including phenoxy) is 1. The van der Waals surface area contributed by atoms with Gasteiger partial charge in [-0.3, -0.25) is 0 Å². The predicted octanol–water partition coefficient (Wildman–Crippen LogP) is 5.63. The summed E-state index contributed by atoms with van der Waals surface area (Å²) in [6.07, 6.45) is -4.66. The van der Waals surface area contributed by atoms with Crippen molar-refractivity contribution in [3.05, 3.63) is 52.0 Å². The van der Waals surface area contributed by atoms with Gasteiger partial charge in [0.1, 0.15) is 5.75 Å². The average Bonchev–Trinajstić information content (AvgIpc) is 2.36. The molecule has 0 saturated heterocycles. The first kappa shape index (κ1) is 14.9. The van der Waals surface area contributed by atoms with Gasteiger partial charge in [-0.05, 0) is 54.3 Å². The van der Waals surface area contributed by atoms with Crippen LogP contribution in [0.15, 0.2) is 40.9 Å². The smallest absolute Gasteiger partial charge is 0.406 e. The lowest BCUT2D eigenvalue weighted by Crippen LogP contribution is -2.16. The van der Waals surface area contributed by atoms with E-state index in [4.69, 9.17) is 0 Å². The van der Waals surface area contributed by atoms with E-state index in [1.807, 2.05) is 26.0 Å². The molecule has 2 rings (SSSR count). The van der Waals surface area contributed by atoms with E-state index in [1.165, 1.54) is 12.1 Å². The Morgan fingerprint density at radius 2 is 1.50 bits per heavy atom. The molecular weight excluding hydrogens is 333 g/mol. The van der Waals surface area contributed by atoms with E-state index < -0.39 is 6.36 Å². The molecule has 5 heteroatoms. The van der Waals surface area contributed by atoms with Crippen molar-refractivity contribution in [3.63, 3.8) is 0 Å². The van der Waals surface area contributed by atoms with Gasteiger partial charge in [0.2, 0.25) is 0 Å². The van der Waals surface area contributed by atoms with E-state index in [0.29, 0.717) is 0 Å². The highest BCUT2D eigenvalue weighted by molar-refractivity contribution is 9.10. The van der Waals surface area contributed by atoms with E-state index in [0.717, 1.165) is 26.7 Å². The molecule has 1 nitrogen and oxygen atoms in total. The van der Waals surface area contributed by atoms with Crippen LogP contribution in [-0.2, 0) is 0 Å². The number of rotatable bonds is 2. The van der Waals surface area contributed by atoms with E-state index in [-0.39, 0.29) is 5.75 Å². The fourth-order valence-electron chi connectivity index (χ4n) is 1.94. The molecule has 0 unspecified atom stereocenters. The Kier molecular flexibility index (Phi) is 4.09. The van der Waals surface area contributed by atoms with Gasteiger partial charge in [-0.15, -0.1) is 13.2 Å². The van der Waals surface area contributed by atoms with Gasteiger partial charge in [-0.25, -0.2) is 0 Å². The van der Waals surface area contributed by atoms with Gasteiger partial charge in [0.05, 0.1) is 0 Å². The van der Waals surface area contributed by atoms with E-state index in [9.17, 15) is 13.2 Å². The first-order valence-corrected chi connectivity index (χ1v) is 6.69. The Bertz CT molecular complexity index is 618. The SMILES string of the molecule is Cc1c(Br)ccc(-c2ccc(OC(F)(F)F)cc2)c1C. The zero-order valence-electron chi connectivity index (χ0n) is 10.9. The van der Waals surface area contributed by atoms with Crippen molar-refractivity contribution < 1.29 is 17.9 Å². The van der Waals surface area contributed by atoms with Crippen LogP contribution in [0.5, 0.6) is 5.75 Å². The maximum absolute atomic E-state index is 12.1. The van der Waals surface area contributed by atoms with Crippen LogP contribution < -0.4 is 4.74 Å². The van der Waals surface area contributed by atoms with Gasteiger partial charge < -0.3 is 4.74 Å². The lowest BCUT2D eigenvalue weighted by molar-refractivity contribution is -0.274. The minimum Gasteiger partial charge on any atom is -0.406 e. The molecule has 0 radical (unpaired) electrons. The molecule has 106 valence electrons. The van der Waals surface area contributed by atoms with Gasteiger partial charge in [0.25, 0.3) is 0 Å². The molecule has 20 heavy (non-hydrogen) atoms. The van der Waals surface area contributed by atoms with Crippen molar-refractivity contribution in [1.29, 1.82) is 0 Å². The number of benzene rings is 2. The van der Waals surface area contributed by atoms with Crippen LogP contribution >= 0.6 is 15.9 Å². The second-order valence-electron chi connectivity index (χ2n) is 4.42. The van der Waals surface area contributed by atoms with Gasteiger partial charge in [-0.2, -0.15) is 0 Å². The van der Waals surface area contributed by atoms with Gasteiger partial charge >= 0.3 is 6.36 Å². The fraction of sp³-hybridized carbons (Fsp3) is 0.200. The molecule has 0 saturated carbocycles. The summed E-state index contributed by atoms with van der Waals surface area (Å²) >= 11 is 3.45. The standard InChI is InChI=1S/C15H12BrF3O/c1-9-10(2)14(16)8-7-13(9)11-3-5-12(6-4-11)20-15(17,18)19/h3-8H,1-2H3. The van der Waals surface area contributed by atoms with Crippen LogP contribution in [0.2, 0.25) is 0 Å². The topological polar surface area (TPSA) is 9.23 Å². The van der Waals surface area contributed by atoms with Crippen molar-refractivity contribution in [1.82, 2.24) is 0 Å². The van der Waals surface area contributed by atoms with E-state index in [1.54, 1.807) is 12.1 Å². The molecule has 0 heterocycles. The van der Waals surface area contributed by atoms with Crippen LogP contribution in [0.4, 0.5) is 13.2 Å². The lowest BCUT2D eigenvalue weighted by Gasteiger charge is -2.12. The summed E-state index contributed by atoms with van der Waals surface area (Å²) in [4.78, 5) is 0. The maximum Gasteiger partial charge on any atom is 0.573 e. The summed E-state index contributed by atoms with van der Waals surface area (Å²) in [6.45, 7) is 3.97. The predicted molar refractivity (Wildman–Crippen MR) is 75.7 cm³/mol. The van der Waals surface area contributed by atoms with Crippen molar-refractivity contribution in [2.45, 2.75) is 20.2 Å². The Morgan fingerprint density at radius 3 is 2.05 bits per heavy atom. The van der Waals surface area contributed by atoms with E-state index in [2.05, 4.69) is 20.7 Å².